The SMILES string of the molecule is C[C@H](c1ccncc1)N1CCC(C(=O)N2CCC(C(=O)c3ccc(Cl)cc3)CC2)CC1. The third-order valence-corrected chi connectivity index (χ3v) is 7.17. The lowest BCUT2D eigenvalue weighted by Crippen LogP contribution is -2.46. The molecule has 1 aromatic carbocycles. The standard InChI is InChI=1S/C25H30ClN3O2/c1-18(19-6-12-27-13-7-19)28-14-10-22(11-15-28)25(31)29-16-8-21(9-17-29)24(30)20-2-4-23(26)5-3-20/h2-7,12-13,18,21-22H,8-11,14-17H2,1H3/t18-/m1/s1. The molecular weight excluding hydrogens is 410 g/mol. The molecule has 0 spiro atoms. The molecule has 5 nitrogen and oxygen atoms in total. The van der Waals surface area contributed by atoms with E-state index in [2.05, 4.69) is 28.9 Å². The van der Waals surface area contributed by atoms with Crippen molar-refractivity contribution in [2.24, 2.45) is 11.8 Å². The summed E-state index contributed by atoms with van der Waals surface area (Å²) < 4.78 is 0. The fraction of sp³-hybridized carbons (Fsp3) is 0.480. The van der Waals surface area contributed by atoms with Crippen LogP contribution in [0.4, 0.5) is 0 Å². The van der Waals surface area contributed by atoms with Crippen molar-refractivity contribution in [1.82, 2.24) is 14.8 Å². The number of likely N-dealkylation sites (tertiary alicyclic amines) is 2. The lowest BCUT2D eigenvalue weighted by atomic mass is 9.87. The zero-order valence-corrected chi connectivity index (χ0v) is 18.8. The topological polar surface area (TPSA) is 53.5 Å². The fourth-order valence-electron chi connectivity index (χ4n) is 4.86. The van der Waals surface area contributed by atoms with Gasteiger partial charge in [0.05, 0.1) is 0 Å². The van der Waals surface area contributed by atoms with E-state index in [0.29, 0.717) is 29.7 Å². The molecule has 0 bridgehead atoms. The van der Waals surface area contributed by atoms with Gasteiger partial charge in [-0.15, -0.1) is 0 Å². The molecule has 0 radical (unpaired) electrons. The van der Waals surface area contributed by atoms with Crippen molar-refractivity contribution in [3.8, 4) is 0 Å². The zero-order chi connectivity index (χ0) is 21.8. The van der Waals surface area contributed by atoms with Gasteiger partial charge in [0.1, 0.15) is 0 Å². The number of rotatable bonds is 5. The predicted octanol–water partition coefficient (Wildman–Crippen LogP) is 4.63. The average molecular weight is 440 g/mol. The van der Waals surface area contributed by atoms with Gasteiger partial charge in [0, 0.05) is 53.9 Å². The van der Waals surface area contributed by atoms with Crippen molar-refractivity contribution >= 4 is 23.3 Å². The van der Waals surface area contributed by atoms with E-state index in [1.54, 1.807) is 24.3 Å². The minimum Gasteiger partial charge on any atom is -0.342 e. The van der Waals surface area contributed by atoms with E-state index in [4.69, 9.17) is 11.6 Å². The molecule has 164 valence electrons. The van der Waals surface area contributed by atoms with Crippen LogP contribution in [0.2, 0.25) is 5.02 Å². The Morgan fingerprint density at radius 1 is 0.903 bits per heavy atom. The van der Waals surface area contributed by atoms with Crippen molar-refractivity contribution in [2.45, 2.75) is 38.6 Å². The number of halogens is 1. The Hall–Kier alpha value is -2.24. The van der Waals surface area contributed by atoms with Crippen molar-refractivity contribution in [2.75, 3.05) is 26.2 Å². The average Bonchev–Trinajstić information content (AvgIpc) is 2.84. The molecule has 0 aliphatic carbocycles. The van der Waals surface area contributed by atoms with Crippen LogP contribution in [0.1, 0.15) is 54.6 Å². The van der Waals surface area contributed by atoms with Gasteiger partial charge in [0.2, 0.25) is 5.91 Å². The molecule has 0 N–H and O–H groups in total. The normalized spacial score (nSPS) is 19.9. The largest absolute Gasteiger partial charge is 0.342 e. The molecule has 0 unspecified atom stereocenters. The van der Waals surface area contributed by atoms with Crippen molar-refractivity contribution in [1.29, 1.82) is 0 Å². The first-order valence-electron chi connectivity index (χ1n) is 11.3. The van der Waals surface area contributed by atoms with E-state index in [9.17, 15) is 9.59 Å². The van der Waals surface area contributed by atoms with Crippen LogP contribution in [0.5, 0.6) is 0 Å². The Labute approximate surface area is 189 Å². The van der Waals surface area contributed by atoms with Gasteiger partial charge in [-0.2, -0.15) is 0 Å². The van der Waals surface area contributed by atoms with Gasteiger partial charge in [-0.05, 0) is 87.7 Å². The Morgan fingerprint density at radius 3 is 2.10 bits per heavy atom. The molecule has 0 saturated carbocycles. The van der Waals surface area contributed by atoms with Gasteiger partial charge in [0.25, 0.3) is 0 Å². The Kier molecular flexibility index (Phi) is 7.03. The van der Waals surface area contributed by atoms with Crippen molar-refractivity contribution in [3.05, 3.63) is 64.9 Å². The van der Waals surface area contributed by atoms with Crippen LogP contribution < -0.4 is 0 Å². The molecule has 31 heavy (non-hydrogen) atoms. The summed E-state index contributed by atoms with van der Waals surface area (Å²) in [6.07, 6.45) is 6.96. The first kappa shape index (κ1) is 22.0. The number of hydrogen-bond acceptors (Lipinski definition) is 4. The highest BCUT2D eigenvalue weighted by molar-refractivity contribution is 6.30. The second-order valence-corrected chi connectivity index (χ2v) is 9.17. The number of hydrogen-bond donors (Lipinski definition) is 0. The Morgan fingerprint density at radius 2 is 1.48 bits per heavy atom. The van der Waals surface area contributed by atoms with Crippen LogP contribution in [-0.2, 0) is 4.79 Å². The summed E-state index contributed by atoms with van der Waals surface area (Å²) in [5.74, 6) is 0.536. The van der Waals surface area contributed by atoms with Crippen LogP contribution in [0.25, 0.3) is 0 Å². The van der Waals surface area contributed by atoms with Gasteiger partial charge < -0.3 is 4.90 Å². The highest BCUT2D eigenvalue weighted by atomic mass is 35.5. The second kappa shape index (κ2) is 9.92. The van der Waals surface area contributed by atoms with Crippen molar-refractivity contribution in [3.63, 3.8) is 0 Å². The number of benzene rings is 1. The number of pyridine rings is 1. The van der Waals surface area contributed by atoms with Gasteiger partial charge in [0.15, 0.2) is 5.78 Å². The molecule has 2 aliphatic heterocycles. The first-order chi connectivity index (χ1) is 15.0. The molecule has 1 amide bonds. The van der Waals surface area contributed by atoms with Gasteiger partial charge >= 0.3 is 0 Å². The van der Waals surface area contributed by atoms with Gasteiger partial charge in [-0.3, -0.25) is 19.5 Å². The van der Waals surface area contributed by atoms with E-state index < -0.39 is 0 Å². The van der Waals surface area contributed by atoms with Crippen LogP contribution >= 0.6 is 11.6 Å². The van der Waals surface area contributed by atoms with E-state index in [-0.39, 0.29) is 23.5 Å². The number of piperidine rings is 2. The number of carbonyl (C=O) groups excluding carboxylic acids is 2. The third-order valence-electron chi connectivity index (χ3n) is 6.92. The molecule has 1 atom stereocenters. The number of ketones is 1. The van der Waals surface area contributed by atoms with Gasteiger partial charge in [-0.1, -0.05) is 11.6 Å². The smallest absolute Gasteiger partial charge is 0.225 e. The van der Waals surface area contributed by atoms with Crippen LogP contribution in [0, 0.1) is 11.8 Å². The molecule has 2 aromatic rings. The second-order valence-electron chi connectivity index (χ2n) is 8.74. The van der Waals surface area contributed by atoms with Crippen LogP contribution in [-0.4, -0.2) is 52.7 Å². The summed E-state index contributed by atoms with van der Waals surface area (Å²) in [7, 11) is 0. The monoisotopic (exact) mass is 439 g/mol. The number of aromatic nitrogens is 1. The molecular formula is C25H30ClN3O2. The number of carbonyl (C=O) groups is 2. The van der Waals surface area contributed by atoms with E-state index in [1.165, 1.54) is 5.56 Å². The lowest BCUT2D eigenvalue weighted by molar-refractivity contribution is -0.138. The molecule has 2 saturated heterocycles. The summed E-state index contributed by atoms with van der Waals surface area (Å²) in [6.45, 7) is 5.45. The maximum Gasteiger partial charge on any atom is 0.225 e. The first-order valence-corrected chi connectivity index (χ1v) is 11.6. The molecule has 1 aromatic heterocycles. The molecule has 2 aliphatic rings. The third kappa shape index (κ3) is 5.16. The Balaban J connectivity index is 1.26. The fourth-order valence-corrected chi connectivity index (χ4v) is 4.98. The molecule has 3 heterocycles. The predicted molar refractivity (Wildman–Crippen MR) is 122 cm³/mol. The summed E-state index contributed by atoms with van der Waals surface area (Å²) in [5.41, 5.74) is 1.98. The van der Waals surface area contributed by atoms with Crippen LogP contribution in [0.3, 0.4) is 0 Å². The van der Waals surface area contributed by atoms with Gasteiger partial charge in [-0.25, -0.2) is 0 Å². The summed E-state index contributed by atoms with van der Waals surface area (Å²) >= 11 is 5.93. The van der Waals surface area contributed by atoms with Crippen molar-refractivity contribution < 1.29 is 9.59 Å². The lowest BCUT2D eigenvalue weighted by Gasteiger charge is -2.39. The number of nitrogens with zero attached hydrogens (tertiary/aromatic N) is 3. The van der Waals surface area contributed by atoms with E-state index in [0.717, 1.165) is 38.8 Å². The van der Waals surface area contributed by atoms with E-state index >= 15 is 0 Å². The maximum atomic E-state index is 13.1. The zero-order valence-electron chi connectivity index (χ0n) is 18.0. The molecule has 6 heteroatoms. The minimum absolute atomic E-state index is 0.00622. The quantitative estimate of drug-likeness (QED) is 0.637. The summed E-state index contributed by atoms with van der Waals surface area (Å²) in [5, 5.41) is 0.637. The summed E-state index contributed by atoms with van der Waals surface area (Å²) in [6, 6.07) is 11.6. The highest BCUT2D eigenvalue weighted by Gasteiger charge is 2.33. The summed E-state index contributed by atoms with van der Waals surface area (Å²) in [4.78, 5) is 34.4. The molecule has 2 fully saturated rings. The number of Topliss-reactive ketones (excluding diaryl/α,β-unsaturated/α-hetero) is 1. The number of amides is 1. The molecule has 4 rings (SSSR count). The maximum absolute atomic E-state index is 13.1. The minimum atomic E-state index is -0.00622. The highest BCUT2D eigenvalue weighted by Crippen LogP contribution is 2.29. The Bertz CT molecular complexity index is 887. The van der Waals surface area contributed by atoms with Crippen LogP contribution in [0.15, 0.2) is 48.8 Å². The van der Waals surface area contributed by atoms with E-state index in [1.807, 2.05) is 17.3 Å².